The summed E-state index contributed by atoms with van der Waals surface area (Å²) < 4.78 is 42.5. The molecule has 4 fully saturated rings. The highest BCUT2D eigenvalue weighted by molar-refractivity contribution is 7.54. The van der Waals surface area contributed by atoms with E-state index in [9.17, 15) is 29.5 Å². The van der Waals surface area contributed by atoms with Gasteiger partial charge in [-0.25, -0.2) is 19.9 Å². The van der Waals surface area contributed by atoms with Crippen molar-refractivity contribution in [1.29, 1.82) is 0 Å². The molecule has 23 nitrogen and oxygen atoms in total. The van der Waals surface area contributed by atoms with Crippen LogP contribution in [-0.2, 0) is 32.3 Å². The maximum Gasteiger partial charge on any atom is 0.570 e. The van der Waals surface area contributed by atoms with E-state index in [1.165, 1.54) is 28.1 Å². The van der Waals surface area contributed by atoms with Gasteiger partial charge in [0.05, 0.1) is 19.3 Å². The van der Waals surface area contributed by atoms with E-state index in [1.807, 2.05) is 0 Å². The lowest BCUT2D eigenvalue weighted by Crippen LogP contribution is -2.61. The van der Waals surface area contributed by atoms with Gasteiger partial charge in [0.25, 0.3) is 5.56 Å². The number of ether oxygens (including phenoxy) is 3. The lowest BCUT2D eigenvalue weighted by Gasteiger charge is -2.42. The van der Waals surface area contributed by atoms with Crippen LogP contribution in [0.15, 0.2) is 23.8 Å². The summed E-state index contributed by atoms with van der Waals surface area (Å²) in [5, 5.41) is 11.3. The molecule has 1 unspecified atom stereocenters. The van der Waals surface area contributed by atoms with E-state index < -0.39 is 83.7 Å². The van der Waals surface area contributed by atoms with Gasteiger partial charge < -0.3 is 30.8 Å². The average molecular weight is 688 g/mol. The Morgan fingerprint density at radius 2 is 1.63 bits per heavy atom. The van der Waals surface area contributed by atoms with Crippen LogP contribution >= 0.6 is 16.3 Å². The number of nitrogen functional groups attached to an aromatic ring is 2. The van der Waals surface area contributed by atoms with Crippen LogP contribution in [0.5, 0.6) is 0 Å². The number of fused-ring (bicyclic) bond motifs is 3. The number of rotatable bonds is 2. The molecule has 246 valence electrons. The van der Waals surface area contributed by atoms with Gasteiger partial charge in [-0.2, -0.15) is 33.6 Å². The van der Waals surface area contributed by atoms with Crippen molar-refractivity contribution in [3.8, 4) is 0 Å². The van der Waals surface area contributed by atoms with Crippen molar-refractivity contribution in [3.05, 3.63) is 29.3 Å². The Balaban J connectivity index is 1.13. The molecule has 4 saturated heterocycles. The molecule has 8 atom stereocenters. The number of aromatic amines is 1. The molecule has 4 aliphatic rings. The first-order chi connectivity index (χ1) is 21.8. The summed E-state index contributed by atoms with van der Waals surface area (Å²) in [6.45, 7) is -1.40. The lowest BCUT2D eigenvalue weighted by molar-refractivity contribution is -0.245. The number of nitrogens with zero attached hydrogens (tertiary/aromatic N) is 7. The Morgan fingerprint density at radius 1 is 0.913 bits per heavy atom. The molecule has 4 aliphatic heterocycles. The zero-order chi connectivity index (χ0) is 32.2. The summed E-state index contributed by atoms with van der Waals surface area (Å²) in [5.41, 5.74) is 9.81. The zero-order valence-corrected chi connectivity index (χ0v) is 24.9. The van der Waals surface area contributed by atoms with E-state index in [4.69, 9.17) is 43.8 Å². The molecule has 8 rings (SSSR count). The van der Waals surface area contributed by atoms with Gasteiger partial charge in [-0.1, -0.05) is 0 Å². The number of aliphatic hydroxyl groups excluding tert-OH is 1. The predicted octanol–water partition coefficient (Wildman–Crippen LogP) is -2.81. The largest absolute Gasteiger partial charge is 0.570 e. The van der Waals surface area contributed by atoms with Crippen LogP contribution in [0.25, 0.3) is 22.3 Å². The minimum atomic E-state index is -4.76. The van der Waals surface area contributed by atoms with E-state index >= 15 is 0 Å². The highest BCUT2D eigenvalue weighted by Crippen LogP contribution is 2.62. The first kappa shape index (κ1) is 30.2. The van der Waals surface area contributed by atoms with Crippen molar-refractivity contribution in [2.24, 2.45) is 0 Å². The molecule has 46 heavy (non-hydrogen) atoms. The molecule has 25 heteroatoms. The highest BCUT2D eigenvalue weighted by Gasteiger charge is 2.70. The highest BCUT2D eigenvalue weighted by atomic mass is 31.2. The quantitative estimate of drug-likeness (QED) is 0.0985. The molecule has 0 aliphatic carbocycles. The van der Waals surface area contributed by atoms with Gasteiger partial charge in [0.2, 0.25) is 5.95 Å². The minimum absolute atomic E-state index is 0.0187. The average Bonchev–Trinajstić information content (AvgIpc) is 3.71. The molecule has 8 heterocycles. The second-order valence-corrected chi connectivity index (χ2v) is 13.8. The van der Waals surface area contributed by atoms with Crippen molar-refractivity contribution in [3.63, 3.8) is 0 Å². The van der Waals surface area contributed by atoms with Gasteiger partial charge >= 0.3 is 16.3 Å². The summed E-state index contributed by atoms with van der Waals surface area (Å²) in [6.07, 6.45) is -5.85. The van der Waals surface area contributed by atoms with Crippen LogP contribution in [0.3, 0.4) is 0 Å². The van der Waals surface area contributed by atoms with Crippen molar-refractivity contribution < 1.29 is 57.0 Å². The first-order valence-electron chi connectivity index (χ1n) is 13.5. The number of nitrogens with one attached hydrogen (secondary N) is 1. The number of hydrogen-bond acceptors (Lipinski definition) is 20. The maximum atomic E-state index is 12.4. The van der Waals surface area contributed by atoms with Crippen LogP contribution in [0.1, 0.15) is 12.5 Å². The number of aromatic nitrogens is 8. The Bertz CT molecular complexity index is 1890. The maximum absolute atomic E-state index is 12.4. The van der Waals surface area contributed by atoms with Crippen LogP contribution in [-0.4, -0.2) is 120 Å². The molecule has 0 spiro atoms. The number of aliphatic hydroxyl groups is 1. The molecule has 4 aromatic heterocycles. The molecular formula is C21H26N10O13P2+2. The topological polar surface area (TPSA) is 325 Å². The van der Waals surface area contributed by atoms with Gasteiger partial charge in [0.1, 0.15) is 43.4 Å². The van der Waals surface area contributed by atoms with E-state index in [0.29, 0.717) is 0 Å². The molecule has 0 amide bonds. The smallest absolute Gasteiger partial charge is 0.385 e. The monoisotopic (exact) mass is 688 g/mol. The van der Waals surface area contributed by atoms with E-state index in [-0.39, 0.29) is 40.7 Å². The van der Waals surface area contributed by atoms with Crippen molar-refractivity contribution in [1.82, 2.24) is 39.0 Å². The summed E-state index contributed by atoms with van der Waals surface area (Å²) in [4.78, 5) is 78.8. The fourth-order valence-electron chi connectivity index (χ4n) is 5.94. The van der Waals surface area contributed by atoms with Crippen molar-refractivity contribution in [2.45, 2.75) is 48.6 Å². The van der Waals surface area contributed by atoms with Crippen molar-refractivity contribution in [2.75, 3.05) is 31.3 Å². The second-order valence-electron chi connectivity index (χ2n) is 10.9. The summed E-state index contributed by atoms with van der Waals surface area (Å²) in [5.74, 6) is -0.153. The molecule has 10 N–H and O–H groups in total. The second kappa shape index (κ2) is 10.4. The molecular weight excluding hydrogens is 662 g/mol. The summed E-state index contributed by atoms with van der Waals surface area (Å²) in [6, 6.07) is 0. The van der Waals surface area contributed by atoms with Crippen LogP contribution in [0.2, 0.25) is 0 Å². The Hall–Kier alpha value is -3.12. The SMILES string of the molecule is Nc1nc2c(ncn2C2O[C@@]34CO[C@H]3[C@H]2O[P+](O)(O)OC[C@H]2O[C@@H](n3cnc5c(N)ncnc53)[C@H](O)[C@@H]2O[P+](O)(O)OC4)c(=O)[nH]1. The van der Waals surface area contributed by atoms with Crippen molar-refractivity contribution >= 4 is 50.4 Å². The zero-order valence-electron chi connectivity index (χ0n) is 23.1. The molecule has 0 aromatic carbocycles. The number of anilines is 2. The van der Waals surface area contributed by atoms with Gasteiger partial charge in [-0.15, -0.1) is 9.05 Å². The minimum Gasteiger partial charge on any atom is -0.385 e. The molecule has 0 radical (unpaired) electrons. The normalized spacial score (nSPS) is 35.5. The third-order valence-corrected chi connectivity index (χ3v) is 10.0. The number of hydrogen-bond donors (Lipinski definition) is 8. The van der Waals surface area contributed by atoms with Crippen LogP contribution in [0.4, 0.5) is 11.8 Å². The van der Waals surface area contributed by atoms with Gasteiger partial charge in [-0.05, 0) is 0 Å². The fourth-order valence-corrected chi connectivity index (χ4v) is 7.90. The number of H-pyrrole nitrogens is 1. The fraction of sp³-hybridized carbons (Fsp3) is 0.524. The first-order valence-corrected chi connectivity index (χ1v) is 16.5. The van der Waals surface area contributed by atoms with Crippen LogP contribution in [0, 0.1) is 0 Å². The third-order valence-electron chi connectivity index (χ3n) is 8.06. The Kier molecular flexibility index (Phi) is 6.86. The van der Waals surface area contributed by atoms with E-state index in [0.717, 1.165) is 0 Å². The number of imidazole rings is 2. The van der Waals surface area contributed by atoms with E-state index in [2.05, 4.69) is 29.9 Å². The van der Waals surface area contributed by atoms with Gasteiger partial charge in [-0.3, -0.25) is 18.9 Å². The predicted molar refractivity (Wildman–Crippen MR) is 149 cm³/mol. The van der Waals surface area contributed by atoms with E-state index in [1.54, 1.807) is 0 Å². The summed E-state index contributed by atoms with van der Waals surface area (Å²) >= 11 is 0. The molecule has 2 bridgehead atoms. The standard InChI is InChI=1S/C21H25N10O13P2/c22-14-8-15(25-4-24-14)30(5-26-8)18-10(32)11-7(41-18)1-39-45(34,35)44-12-13-21(2-38-13,3-40-46(36,37)43-11)42-19(12)31-6-27-9-16(31)28-20(23)29-17(9)33/h4-7,10-13,18-19,32,34-37H,1-3H2,(H4-,22,23,24,25,28,29,33)/q+1/p+1/t7-,10-,11-,12-,13+,18-,19?,21-/m1/s1. The molecule has 0 saturated carbocycles. The third kappa shape index (κ3) is 4.76. The van der Waals surface area contributed by atoms with Crippen LogP contribution < -0.4 is 17.0 Å². The number of nitrogens with two attached hydrogens (primary N) is 2. The molecule has 4 aromatic rings. The Labute approximate surface area is 255 Å². The Morgan fingerprint density at radius 3 is 2.39 bits per heavy atom. The van der Waals surface area contributed by atoms with Gasteiger partial charge in [0, 0.05) is 0 Å². The lowest BCUT2D eigenvalue weighted by atomic mass is 9.91. The van der Waals surface area contributed by atoms with Gasteiger partial charge in [0.15, 0.2) is 52.9 Å². The summed E-state index contributed by atoms with van der Waals surface area (Å²) in [7, 11) is -9.52.